The van der Waals surface area contributed by atoms with E-state index in [0.717, 1.165) is 26.1 Å². The second-order valence-electron chi connectivity index (χ2n) is 3.44. The molecule has 80 valence electrons. The largest absolute Gasteiger partial charge is 0.467 e. The van der Waals surface area contributed by atoms with Crippen LogP contribution in [0.1, 0.15) is 27.1 Å². The highest BCUT2D eigenvalue weighted by Crippen LogP contribution is 2.38. The molecule has 0 fully saturated rings. The van der Waals surface area contributed by atoms with Gasteiger partial charge >= 0.3 is 0 Å². The van der Waals surface area contributed by atoms with Gasteiger partial charge in [0, 0.05) is 4.88 Å². The van der Waals surface area contributed by atoms with E-state index < -0.39 is 0 Å². The quantitative estimate of drug-likeness (QED) is 0.698. The molecule has 0 aliphatic rings. The Morgan fingerprint density at radius 1 is 1.33 bits per heavy atom. The molecule has 2 aromatic rings. The molecular formula is C11H10Cl2OS. The molecule has 0 aromatic carbocycles. The van der Waals surface area contributed by atoms with E-state index in [9.17, 15) is 0 Å². The number of hydrogen-bond donors (Lipinski definition) is 0. The first-order valence-corrected chi connectivity index (χ1v) is 6.16. The van der Waals surface area contributed by atoms with Crippen molar-refractivity contribution in [3.05, 3.63) is 44.5 Å². The molecule has 1 nitrogen and oxygen atoms in total. The minimum absolute atomic E-state index is 0.240. The molecule has 2 rings (SSSR count). The molecule has 1 unspecified atom stereocenters. The van der Waals surface area contributed by atoms with E-state index in [1.54, 1.807) is 6.26 Å². The molecule has 0 saturated carbocycles. The van der Waals surface area contributed by atoms with Crippen molar-refractivity contribution in [1.29, 1.82) is 0 Å². The zero-order chi connectivity index (χ0) is 11.0. The summed E-state index contributed by atoms with van der Waals surface area (Å²) >= 11 is 13.8. The van der Waals surface area contributed by atoms with E-state index in [1.807, 2.05) is 26.0 Å². The zero-order valence-corrected chi connectivity index (χ0v) is 10.7. The Morgan fingerprint density at radius 3 is 2.53 bits per heavy atom. The predicted molar refractivity (Wildman–Crippen MR) is 65.2 cm³/mol. The van der Waals surface area contributed by atoms with Gasteiger partial charge in [-0.05, 0) is 37.1 Å². The monoisotopic (exact) mass is 260 g/mol. The molecule has 0 aliphatic heterocycles. The van der Waals surface area contributed by atoms with Gasteiger partial charge in [0.25, 0.3) is 0 Å². The molecule has 2 aromatic heterocycles. The van der Waals surface area contributed by atoms with Gasteiger partial charge in [-0.15, -0.1) is 22.9 Å². The molecule has 0 saturated heterocycles. The third-order valence-electron chi connectivity index (χ3n) is 2.26. The molecule has 1 atom stereocenters. The van der Waals surface area contributed by atoms with Gasteiger partial charge in [0.1, 0.15) is 11.1 Å². The summed E-state index contributed by atoms with van der Waals surface area (Å²) in [7, 11) is 0. The van der Waals surface area contributed by atoms with Crippen LogP contribution < -0.4 is 0 Å². The predicted octanol–water partition coefficient (Wildman–Crippen LogP) is 4.94. The summed E-state index contributed by atoms with van der Waals surface area (Å²) in [5, 5.41) is -0.240. The Hall–Kier alpha value is -0.440. The number of alkyl halides is 1. The Labute approximate surface area is 103 Å². The summed E-state index contributed by atoms with van der Waals surface area (Å²) in [6, 6.07) is 3.92. The second-order valence-corrected chi connectivity index (χ2v) is 5.56. The summed E-state index contributed by atoms with van der Waals surface area (Å²) < 4.78 is 6.15. The van der Waals surface area contributed by atoms with Gasteiger partial charge in [0.2, 0.25) is 0 Å². The lowest BCUT2D eigenvalue weighted by molar-refractivity contribution is 0.515. The average Bonchev–Trinajstić information content (AvgIpc) is 2.74. The second kappa shape index (κ2) is 4.20. The van der Waals surface area contributed by atoms with Crippen molar-refractivity contribution in [2.75, 3.05) is 0 Å². The lowest BCUT2D eigenvalue weighted by Crippen LogP contribution is -1.89. The molecular weight excluding hydrogens is 251 g/mol. The number of hydrogen-bond acceptors (Lipinski definition) is 2. The van der Waals surface area contributed by atoms with Gasteiger partial charge < -0.3 is 4.42 Å². The Kier molecular flexibility index (Phi) is 3.10. The highest BCUT2D eigenvalue weighted by atomic mass is 35.5. The van der Waals surface area contributed by atoms with Crippen molar-refractivity contribution in [2.24, 2.45) is 0 Å². The van der Waals surface area contributed by atoms with Crippen molar-refractivity contribution < 1.29 is 4.42 Å². The fourth-order valence-corrected chi connectivity index (χ4v) is 3.00. The Balaban J connectivity index is 2.36. The van der Waals surface area contributed by atoms with Gasteiger partial charge in [0.15, 0.2) is 0 Å². The van der Waals surface area contributed by atoms with Crippen LogP contribution in [0.4, 0.5) is 0 Å². The normalized spacial score (nSPS) is 13.1. The summed E-state index contributed by atoms with van der Waals surface area (Å²) in [5.74, 6) is 0.801. The highest BCUT2D eigenvalue weighted by Gasteiger charge is 2.19. The van der Waals surface area contributed by atoms with E-state index in [0.29, 0.717) is 0 Å². The molecule has 4 heteroatoms. The zero-order valence-electron chi connectivity index (χ0n) is 8.38. The van der Waals surface area contributed by atoms with Gasteiger partial charge in [-0.3, -0.25) is 0 Å². The maximum atomic E-state index is 6.32. The lowest BCUT2D eigenvalue weighted by Gasteiger charge is -2.04. The summed E-state index contributed by atoms with van der Waals surface area (Å²) in [6.45, 7) is 3.96. The third-order valence-corrected chi connectivity index (χ3v) is 4.44. The van der Waals surface area contributed by atoms with Crippen LogP contribution in [0.5, 0.6) is 0 Å². The van der Waals surface area contributed by atoms with Crippen LogP contribution in [-0.2, 0) is 0 Å². The molecule has 0 bridgehead atoms. The number of thiophene rings is 1. The lowest BCUT2D eigenvalue weighted by atomic mass is 10.2. The summed E-state index contributed by atoms with van der Waals surface area (Å²) in [6.07, 6.45) is 1.65. The molecule has 0 spiro atoms. The van der Waals surface area contributed by atoms with Gasteiger partial charge in [-0.25, -0.2) is 0 Å². The van der Waals surface area contributed by atoms with Crippen molar-refractivity contribution in [2.45, 2.75) is 19.2 Å². The van der Waals surface area contributed by atoms with Crippen LogP contribution in [0, 0.1) is 13.8 Å². The SMILES string of the molecule is Cc1ccoc1C(Cl)c1cc(C)c(Cl)s1. The topological polar surface area (TPSA) is 13.1 Å². The number of furan rings is 1. The van der Waals surface area contributed by atoms with Crippen molar-refractivity contribution in [3.8, 4) is 0 Å². The fourth-order valence-electron chi connectivity index (χ4n) is 1.38. The maximum Gasteiger partial charge on any atom is 0.129 e. The number of rotatable bonds is 2. The first-order chi connectivity index (χ1) is 7.09. The number of halogens is 2. The summed E-state index contributed by atoms with van der Waals surface area (Å²) in [4.78, 5) is 1.03. The Bertz CT molecular complexity index is 453. The van der Waals surface area contributed by atoms with Crippen LogP contribution >= 0.6 is 34.5 Å². The minimum Gasteiger partial charge on any atom is -0.467 e. The number of aryl methyl sites for hydroxylation is 2. The van der Waals surface area contributed by atoms with Gasteiger partial charge in [0.05, 0.1) is 10.6 Å². The molecule has 15 heavy (non-hydrogen) atoms. The van der Waals surface area contributed by atoms with Gasteiger partial charge in [-0.2, -0.15) is 0 Å². The van der Waals surface area contributed by atoms with E-state index >= 15 is 0 Å². The van der Waals surface area contributed by atoms with E-state index in [4.69, 9.17) is 27.6 Å². The van der Waals surface area contributed by atoms with Crippen molar-refractivity contribution >= 4 is 34.5 Å². The molecule has 0 aliphatic carbocycles. The molecule has 0 radical (unpaired) electrons. The molecule has 2 heterocycles. The smallest absolute Gasteiger partial charge is 0.129 e. The Morgan fingerprint density at radius 2 is 2.07 bits per heavy atom. The van der Waals surface area contributed by atoms with Crippen molar-refractivity contribution in [3.63, 3.8) is 0 Å². The standard InChI is InChI=1S/C11H10Cl2OS/c1-6-3-4-14-10(6)9(12)8-5-7(2)11(13)15-8/h3-5,9H,1-2H3. The van der Waals surface area contributed by atoms with E-state index in [1.165, 1.54) is 11.3 Å². The third kappa shape index (κ3) is 2.07. The van der Waals surface area contributed by atoms with Crippen LogP contribution in [0.25, 0.3) is 0 Å². The van der Waals surface area contributed by atoms with Gasteiger partial charge in [-0.1, -0.05) is 11.6 Å². The average molecular weight is 261 g/mol. The molecule has 0 amide bonds. The van der Waals surface area contributed by atoms with Crippen LogP contribution in [0.15, 0.2) is 22.8 Å². The van der Waals surface area contributed by atoms with Crippen molar-refractivity contribution in [1.82, 2.24) is 0 Å². The molecule has 0 N–H and O–H groups in total. The van der Waals surface area contributed by atoms with Crippen LogP contribution in [0.3, 0.4) is 0 Å². The fraction of sp³-hybridized carbons (Fsp3) is 0.273. The first kappa shape index (κ1) is 11.1. The first-order valence-electron chi connectivity index (χ1n) is 4.53. The highest BCUT2D eigenvalue weighted by molar-refractivity contribution is 7.16. The summed E-state index contributed by atoms with van der Waals surface area (Å²) in [5.41, 5.74) is 2.13. The van der Waals surface area contributed by atoms with E-state index in [-0.39, 0.29) is 5.38 Å². The minimum atomic E-state index is -0.240. The van der Waals surface area contributed by atoms with E-state index in [2.05, 4.69) is 0 Å². The maximum absolute atomic E-state index is 6.32. The van der Waals surface area contributed by atoms with Crippen LogP contribution in [-0.4, -0.2) is 0 Å². The van der Waals surface area contributed by atoms with Crippen LogP contribution in [0.2, 0.25) is 4.34 Å².